The van der Waals surface area contributed by atoms with E-state index in [2.05, 4.69) is 11.2 Å². The third-order valence-electron chi connectivity index (χ3n) is 2.26. The van der Waals surface area contributed by atoms with Crippen molar-refractivity contribution in [2.75, 3.05) is 20.2 Å². The van der Waals surface area contributed by atoms with E-state index in [-0.39, 0.29) is 11.8 Å². The molecular weight excluding hydrogens is 207 g/mol. The van der Waals surface area contributed by atoms with E-state index >= 15 is 0 Å². The number of nitrogens with one attached hydrogen (secondary N) is 1. The smallest absolute Gasteiger partial charge is 0.165 e. The van der Waals surface area contributed by atoms with Crippen LogP contribution in [-0.2, 0) is 0 Å². The molecule has 0 radical (unpaired) electrons. The molecule has 1 aromatic carbocycles. The highest BCUT2D eigenvalue weighted by Crippen LogP contribution is 2.21. The molecule has 0 heterocycles. The molecule has 4 heteroatoms. The van der Waals surface area contributed by atoms with Gasteiger partial charge in [0.05, 0.1) is 13.7 Å². The molecule has 86 valence electrons. The first-order chi connectivity index (χ1) is 7.72. The lowest BCUT2D eigenvalue weighted by molar-refractivity contribution is 0.385. The van der Waals surface area contributed by atoms with Gasteiger partial charge in [0.2, 0.25) is 0 Å². The van der Waals surface area contributed by atoms with Crippen molar-refractivity contribution in [2.45, 2.75) is 6.04 Å². The zero-order valence-corrected chi connectivity index (χ0v) is 9.16. The number of methoxy groups -OCH3 is 1. The van der Waals surface area contributed by atoms with Crippen LogP contribution in [-0.4, -0.2) is 20.2 Å². The average Bonchev–Trinajstić information content (AvgIpc) is 2.30. The van der Waals surface area contributed by atoms with Gasteiger partial charge in [-0.05, 0) is 17.7 Å². The van der Waals surface area contributed by atoms with Crippen LogP contribution in [0.4, 0.5) is 4.39 Å². The first kappa shape index (κ1) is 12.5. The summed E-state index contributed by atoms with van der Waals surface area (Å²) in [5.74, 6) is 2.27. The topological polar surface area (TPSA) is 47.3 Å². The predicted molar refractivity (Wildman–Crippen MR) is 61.6 cm³/mol. The van der Waals surface area contributed by atoms with Crippen molar-refractivity contribution in [1.82, 2.24) is 5.32 Å². The molecule has 0 saturated carbocycles. The summed E-state index contributed by atoms with van der Waals surface area (Å²) in [7, 11) is 1.43. The summed E-state index contributed by atoms with van der Waals surface area (Å²) in [6.07, 6.45) is 5.14. The van der Waals surface area contributed by atoms with Gasteiger partial charge < -0.3 is 10.5 Å². The Labute approximate surface area is 94.8 Å². The minimum absolute atomic E-state index is 0.142. The fraction of sp³-hybridized carbons (Fsp3) is 0.333. The highest BCUT2D eigenvalue weighted by molar-refractivity contribution is 5.31. The van der Waals surface area contributed by atoms with Crippen LogP contribution in [0.5, 0.6) is 5.75 Å². The van der Waals surface area contributed by atoms with Gasteiger partial charge in [-0.2, -0.15) is 0 Å². The zero-order chi connectivity index (χ0) is 12.0. The Hall–Kier alpha value is -1.57. The predicted octanol–water partition coefficient (Wildman–Crippen LogP) is 1.06. The van der Waals surface area contributed by atoms with Crippen LogP contribution in [0.1, 0.15) is 11.6 Å². The Morgan fingerprint density at radius 1 is 1.62 bits per heavy atom. The van der Waals surface area contributed by atoms with E-state index in [0.29, 0.717) is 13.1 Å². The van der Waals surface area contributed by atoms with Crippen molar-refractivity contribution < 1.29 is 9.13 Å². The lowest BCUT2D eigenvalue weighted by Gasteiger charge is -2.16. The largest absolute Gasteiger partial charge is 0.494 e. The molecule has 0 bridgehead atoms. The number of hydrogen-bond donors (Lipinski definition) is 2. The van der Waals surface area contributed by atoms with Crippen molar-refractivity contribution in [1.29, 1.82) is 0 Å². The fourth-order valence-electron chi connectivity index (χ4n) is 1.42. The molecule has 0 amide bonds. The number of halogens is 1. The summed E-state index contributed by atoms with van der Waals surface area (Å²) in [6.45, 7) is 0.753. The van der Waals surface area contributed by atoms with E-state index in [1.54, 1.807) is 12.1 Å². The van der Waals surface area contributed by atoms with Gasteiger partial charge in [-0.25, -0.2) is 4.39 Å². The van der Waals surface area contributed by atoms with Crippen LogP contribution in [0.3, 0.4) is 0 Å². The van der Waals surface area contributed by atoms with Crippen LogP contribution in [0.15, 0.2) is 18.2 Å². The van der Waals surface area contributed by atoms with E-state index in [4.69, 9.17) is 16.9 Å². The summed E-state index contributed by atoms with van der Waals surface area (Å²) < 4.78 is 18.3. The number of ether oxygens (including phenoxy) is 1. The van der Waals surface area contributed by atoms with E-state index in [9.17, 15) is 4.39 Å². The van der Waals surface area contributed by atoms with Crippen molar-refractivity contribution in [3.63, 3.8) is 0 Å². The third-order valence-corrected chi connectivity index (χ3v) is 2.26. The highest BCUT2D eigenvalue weighted by atomic mass is 19.1. The van der Waals surface area contributed by atoms with Crippen LogP contribution in [0, 0.1) is 18.2 Å². The van der Waals surface area contributed by atoms with Crippen LogP contribution in [0.25, 0.3) is 0 Å². The molecule has 3 nitrogen and oxygen atoms in total. The standard InChI is InChI=1S/C12H15FN2O/c1-3-6-15-11(8-14)9-4-5-12(16-2)10(13)7-9/h1,4-5,7,11,15H,6,8,14H2,2H3. The summed E-state index contributed by atoms with van der Waals surface area (Å²) in [5, 5.41) is 3.03. The lowest BCUT2D eigenvalue weighted by Crippen LogP contribution is -2.28. The maximum absolute atomic E-state index is 13.4. The maximum atomic E-state index is 13.4. The molecule has 0 saturated heterocycles. The molecule has 16 heavy (non-hydrogen) atoms. The van der Waals surface area contributed by atoms with Gasteiger partial charge in [-0.15, -0.1) is 6.42 Å². The monoisotopic (exact) mass is 222 g/mol. The van der Waals surface area contributed by atoms with Gasteiger partial charge in [0.25, 0.3) is 0 Å². The first-order valence-electron chi connectivity index (χ1n) is 4.93. The number of rotatable bonds is 5. The first-order valence-corrected chi connectivity index (χ1v) is 4.93. The molecule has 0 spiro atoms. The minimum atomic E-state index is -0.402. The quantitative estimate of drug-likeness (QED) is 0.732. The summed E-state index contributed by atoms with van der Waals surface area (Å²) >= 11 is 0. The van der Waals surface area contributed by atoms with Gasteiger partial charge in [0, 0.05) is 12.6 Å². The van der Waals surface area contributed by atoms with Crippen molar-refractivity contribution in [3.05, 3.63) is 29.6 Å². The molecule has 1 unspecified atom stereocenters. The van der Waals surface area contributed by atoms with E-state index in [1.807, 2.05) is 0 Å². The molecule has 0 aliphatic carbocycles. The minimum Gasteiger partial charge on any atom is -0.494 e. The normalized spacial score (nSPS) is 11.9. The summed E-state index contributed by atoms with van der Waals surface area (Å²) in [6, 6.07) is 4.60. The Balaban J connectivity index is 2.85. The number of hydrogen-bond acceptors (Lipinski definition) is 3. The molecule has 0 aliphatic heterocycles. The molecule has 3 N–H and O–H groups in total. The van der Waals surface area contributed by atoms with Crippen LogP contribution < -0.4 is 15.8 Å². The maximum Gasteiger partial charge on any atom is 0.165 e. The van der Waals surface area contributed by atoms with E-state index < -0.39 is 5.82 Å². The molecule has 0 aromatic heterocycles. The highest BCUT2D eigenvalue weighted by Gasteiger charge is 2.11. The van der Waals surface area contributed by atoms with Crippen LogP contribution in [0.2, 0.25) is 0 Å². The summed E-state index contributed by atoms with van der Waals surface area (Å²) in [4.78, 5) is 0. The molecule has 1 atom stereocenters. The van der Waals surface area contributed by atoms with Crippen molar-refractivity contribution in [3.8, 4) is 18.1 Å². The molecule has 1 rings (SSSR count). The molecule has 0 aliphatic rings. The Kier molecular flexibility index (Phi) is 4.77. The molecular formula is C12H15FN2O. The SMILES string of the molecule is C#CCNC(CN)c1ccc(OC)c(F)c1. The Bertz CT molecular complexity index is 387. The number of terminal acetylenes is 1. The van der Waals surface area contributed by atoms with E-state index in [1.165, 1.54) is 13.2 Å². The lowest BCUT2D eigenvalue weighted by atomic mass is 10.1. The Morgan fingerprint density at radius 2 is 2.38 bits per heavy atom. The van der Waals surface area contributed by atoms with Gasteiger partial charge in [-0.3, -0.25) is 5.32 Å². The number of nitrogens with two attached hydrogens (primary N) is 1. The van der Waals surface area contributed by atoms with Crippen molar-refractivity contribution in [2.24, 2.45) is 5.73 Å². The second-order valence-corrected chi connectivity index (χ2v) is 3.27. The molecule has 1 aromatic rings. The van der Waals surface area contributed by atoms with Crippen LogP contribution >= 0.6 is 0 Å². The Morgan fingerprint density at radius 3 is 2.88 bits per heavy atom. The number of benzene rings is 1. The van der Waals surface area contributed by atoms with Gasteiger partial charge >= 0.3 is 0 Å². The van der Waals surface area contributed by atoms with Gasteiger partial charge in [0.15, 0.2) is 11.6 Å². The second kappa shape index (κ2) is 6.11. The fourth-order valence-corrected chi connectivity index (χ4v) is 1.42. The van der Waals surface area contributed by atoms with Crippen molar-refractivity contribution >= 4 is 0 Å². The zero-order valence-electron chi connectivity index (χ0n) is 9.16. The average molecular weight is 222 g/mol. The van der Waals surface area contributed by atoms with E-state index in [0.717, 1.165) is 5.56 Å². The third kappa shape index (κ3) is 2.96. The van der Waals surface area contributed by atoms with Gasteiger partial charge in [0.1, 0.15) is 0 Å². The van der Waals surface area contributed by atoms with Gasteiger partial charge in [-0.1, -0.05) is 12.0 Å². The second-order valence-electron chi connectivity index (χ2n) is 3.27. The molecule has 0 fully saturated rings. The summed E-state index contributed by atoms with van der Waals surface area (Å²) in [5.41, 5.74) is 6.34.